The zero-order valence-corrected chi connectivity index (χ0v) is 24.5. The number of hydrogen-bond donors (Lipinski definition) is 1. The van der Waals surface area contributed by atoms with E-state index in [4.69, 9.17) is 20.9 Å². The first-order valence-corrected chi connectivity index (χ1v) is 15.4. The van der Waals surface area contributed by atoms with Gasteiger partial charge < -0.3 is 23.8 Å². The van der Waals surface area contributed by atoms with Crippen molar-refractivity contribution < 1.29 is 23.6 Å². The van der Waals surface area contributed by atoms with Gasteiger partial charge in [-0.25, -0.2) is 9.18 Å². The van der Waals surface area contributed by atoms with Crippen molar-refractivity contribution in [1.29, 1.82) is 0 Å². The van der Waals surface area contributed by atoms with Gasteiger partial charge in [0.2, 0.25) is 0 Å². The molecule has 0 radical (unpaired) electrons. The van der Waals surface area contributed by atoms with E-state index < -0.39 is 11.8 Å². The molecule has 7 rings (SSSR count). The molecule has 9 heteroatoms. The molecule has 0 bridgehead atoms. The van der Waals surface area contributed by atoms with Crippen LogP contribution in [0.1, 0.15) is 73.0 Å². The van der Waals surface area contributed by atoms with E-state index in [1.165, 1.54) is 6.07 Å². The predicted molar refractivity (Wildman–Crippen MR) is 160 cm³/mol. The van der Waals surface area contributed by atoms with Gasteiger partial charge in [0.05, 0.1) is 28.3 Å². The molecule has 3 heterocycles. The Balaban J connectivity index is 0.957. The lowest BCUT2D eigenvalue weighted by atomic mass is 9.58. The van der Waals surface area contributed by atoms with Crippen molar-refractivity contribution in [3.05, 3.63) is 70.3 Å². The number of halogens is 2. The summed E-state index contributed by atoms with van der Waals surface area (Å²) in [4.78, 5) is 14.1. The van der Waals surface area contributed by atoms with Crippen LogP contribution in [-0.4, -0.2) is 40.5 Å². The lowest BCUT2D eigenvalue weighted by Gasteiger charge is -2.52. The van der Waals surface area contributed by atoms with Gasteiger partial charge in [0, 0.05) is 55.0 Å². The number of carbonyl (C=O) groups is 1. The second-order valence-corrected chi connectivity index (χ2v) is 12.8. The normalized spacial score (nSPS) is 18.6. The molecule has 42 heavy (non-hydrogen) atoms. The summed E-state index contributed by atoms with van der Waals surface area (Å²) in [6.45, 7) is 5.78. The van der Waals surface area contributed by atoms with Crippen LogP contribution in [0.5, 0.6) is 0 Å². The summed E-state index contributed by atoms with van der Waals surface area (Å²) in [5, 5.41) is 14.9. The molecule has 0 unspecified atom stereocenters. The average molecular weight is 592 g/mol. The number of piperidine rings is 1. The smallest absolute Gasteiger partial charge is 0.337 e. The number of nitrogens with zero attached hydrogens (tertiary/aromatic N) is 3. The number of rotatable bonds is 9. The number of ether oxygens (including phenoxy) is 1. The highest BCUT2D eigenvalue weighted by Crippen LogP contribution is 2.53. The molecule has 4 aromatic rings. The second kappa shape index (κ2) is 10.7. The van der Waals surface area contributed by atoms with Crippen LogP contribution in [0.2, 0.25) is 5.02 Å². The van der Waals surface area contributed by atoms with Crippen LogP contribution in [-0.2, 0) is 17.9 Å². The van der Waals surface area contributed by atoms with Crippen molar-refractivity contribution in [2.75, 3.05) is 24.6 Å². The largest absolute Gasteiger partial charge is 0.478 e. The van der Waals surface area contributed by atoms with Crippen molar-refractivity contribution in [3.8, 4) is 11.3 Å². The molecule has 2 aromatic carbocycles. The van der Waals surface area contributed by atoms with Crippen LogP contribution >= 0.6 is 11.6 Å². The summed E-state index contributed by atoms with van der Waals surface area (Å²) in [7, 11) is 0. The fraction of sp³-hybridized carbons (Fsp3) is 0.455. The van der Waals surface area contributed by atoms with Gasteiger partial charge in [0.1, 0.15) is 17.3 Å². The Morgan fingerprint density at radius 3 is 2.69 bits per heavy atom. The molecule has 3 fully saturated rings. The highest BCUT2D eigenvalue weighted by molar-refractivity contribution is 6.33. The summed E-state index contributed by atoms with van der Waals surface area (Å²) in [5.41, 5.74) is 4.44. The maximum atomic E-state index is 14.7. The maximum absolute atomic E-state index is 14.7. The molecular formula is C33H35ClFN3O4. The van der Waals surface area contributed by atoms with Crippen molar-refractivity contribution in [2.45, 2.75) is 64.5 Å². The maximum Gasteiger partial charge on any atom is 0.337 e. The third-order valence-corrected chi connectivity index (χ3v) is 9.95. The van der Waals surface area contributed by atoms with Crippen LogP contribution in [0.4, 0.5) is 10.1 Å². The van der Waals surface area contributed by atoms with Gasteiger partial charge in [-0.2, -0.15) is 0 Å². The molecule has 7 nitrogen and oxygen atoms in total. The van der Waals surface area contributed by atoms with Crippen molar-refractivity contribution >= 4 is 34.2 Å². The Bertz CT molecular complexity index is 1620. The number of carboxylic acids is 1. The van der Waals surface area contributed by atoms with Gasteiger partial charge in [0.15, 0.2) is 0 Å². The van der Waals surface area contributed by atoms with Crippen LogP contribution in [0.15, 0.2) is 47.1 Å². The predicted octanol–water partition coefficient (Wildman–Crippen LogP) is 7.90. The monoisotopic (exact) mass is 591 g/mol. The number of aromatic carboxylic acids is 1. The average Bonchev–Trinajstić information content (AvgIpc) is 3.62. The molecule has 1 aliphatic heterocycles. The van der Waals surface area contributed by atoms with Gasteiger partial charge in [-0.3, -0.25) is 0 Å². The molecule has 220 valence electrons. The van der Waals surface area contributed by atoms with Gasteiger partial charge in [-0.15, -0.1) is 0 Å². The van der Waals surface area contributed by atoms with E-state index in [1.807, 2.05) is 17.6 Å². The summed E-state index contributed by atoms with van der Waals surface area (Å²) < 4.78 is 28.6. The summed E-state index contributed by atoms with van der Waals surface area (Å²) in [6, 6.07) is 10.8. The highest BCUT2D eigenvalue weighted by atomic mass is 35.5. The fourth-order valence-corrected chi connectivity index (χ4v) is 7.47. The zero-order chi connectivity index (χ0) is 29.0. The summed E-state index contributed by atoms with van der Waals surface area (Å²) in [6.07, 6.45) is 8.45. The zero-order valence-electron chi connectivity index (χ0n) is 23.7. The van der Waals surface area contributed by atoms with Gasteiger partial charge in [-0.05, 0) is 87.1 Å². The van der Waals surface area contributed by atoms with E-state index in [0.717, 1.165) is 86.1 Å². The van der Waals surface area contributed by atoms with E-state index in [1.54, 1.807) is 18.3 Å². The van der Waals surface area contributed by atoms with Gasteiger partial charge in [0.25, 0.3) is 0 Å². The molecule has 2 aliphatic carbocycles. The van der Waals surface area contributed by atoms with E-state index in [-0.39, 0.29) is 5.56 Å². The van der Waals surface area contributed by atoms with Gasteiger partial charge >= 0.3 is 5.97 Å². The molecule has 2 saturated carbocycles. The third-order valence-electron chi connectivity index (χ3n) is 9.64. The lowest BCUT2D eigenvalue weighted by Crippen LogP contribution is -2.48. The minimum atomic E-state index is -0.886. The minimum absolute atomic E-state index is 0.284. The first-order valence-electron chi connectivity index (χ1n) is 15.0. The molecule has 1 N–H and O–H groups in total. The van der Waals surface area contributed by atoms with Crippen LogP contribution in [0.25, 0.3) is 22.2 Å². The summed E-state index contributed by atoms with van der Waals surface area (Å²) in [5.74, 6) is 0.364. The number of carboxylic acid groups (broad SMARTS) is 1. The first-order chi connectivity index (χ1) is 20.4. The quantitative estimate of drug-likeness (QED) is 0.213. The number of aryl methyl sites for hydroxylation is 1. The Morgan fingerprint density at radius 1 is 1.21 bits per heavy atom. The Kier molecular flexibility index (Phi) is 7.02. The molecule has 0 atom stereocenters. The van der Waals surface area contributed by atoms with E-state index in [0.29, 0.717) is 46.7 Å². The minimum Gasteiger partial charge on any atom is -0.478 e. The van der Waals surface area contributed by atoms with Gasteiger partial charge in [-0.1, -0.05) is 22.8 Å². The number of anilines is 1. The summed E-state index contributed by atoms with van der Waals surface area (Å²) >= 11 is 6.35. The number of benzene rings is 2. The lowest BCUT2D eigenvalue weighted by molar-refractivity contribution is -0.0315. The van der Waals surface area contributed by atoms with Crippen molar-refractivity contribution in [2.24, 2.45) is 11.3 Å². The van der Waals surface area contributed by atoms with Crippen molar-refractivity contribution in [3.63, 3.8) is 0 Å². The van der Waals surface area contributed by atoms with E-state index >= 15 is 0 Å². The van der Waals surface area contributed by atoms with Crippen LogP contribution in [0, 0.1) is 17.2 Å². The molecule has 3 aliphatic rings. The standard InChI is InChI=1S/C33H35ClFN3O4/c1-2-37-17-24(32(39)40)23-9-8-22(14-28(23)37)38-12-10-33(11-13-38)15-20(16-33)18-41-19-25-30(36-42-31(25)21-6-7-21)29-26(34)4-3-5-27(29)35/h3-5,8-9,14,17,20-21H,2,6-7,10-13,15-16,18-19H2,1H3,(H,39,40). The van der Waals surface area contributed by atoms with Crippen molar-refractivity contribution in [1.82, 2.24) is 9.72 Å². The highest BCUT2D eigenvalue weighted by Gasteiger charge is 2.46. The SMILES string of the molecule is CCn1cc(C(=O)O)c2ccc(N3CCC4(CC3)CC(COCc3c(-c5c(F)cccc5Cl)noc3C3CC3)C4)cc21. The van der Waals surface area contributed by atoms with Crippen LogP contribution < -0.4 is 4.90 Å². The Labute approximate surface area is 249 Å². The number of fused-ring (bicyclic) bond motifs is 1. The topological polar surface area (TPSA) is 80.7 Å². The number of aromatic nitrogens is 2. The third kappa shape index (κ3) is 4.88. The molecular weight excluding hydrogens is 557 g/mol. The first kappa shape index (κ1) is 27.5. The molecule has 0 amide bonds. The van der Waals surface area contributed by atoms with Crippen LogP contribution in [0.3, 0.4) is 0 Å². The second-order valence-electron chi connectivity index (χ2n) is 12.4. The Morgan fingerprint density at radius 2 is 2.00 bits per heavy atom. The molecule has 2 aromatic heterocycles. The molecule has 1 saturated heterocycles. The van der Waals surface area contributed by atoms with E-state index in [2.05, 4.69) is 22.2 Å². The van der Waals surface area contributed by atoms with E-state index in [9.17, 15) is 14.3 Å². The molecule has 1 spiro atoms. The number of hydrogen-bond acceptors (Lipinski definition) is 5. The Hall–Kier alpha value is -3.36. The fourth-order valence-electron chi connectivity index (χ4n) is 7.22.